The Bertz CT molecular complexity index is 1600. The molecule has 2 fully saturated rings. The molecule has 0 saturated carbocycles. The van der Waals surface area contributed by atoms with Crippen molar-refractivity contribution in [1.82, 2.24) is 30.4 Å². The van der Waals surface area contributed by atoms with Crippen LogP contribution in [0.5, 0.6) is 6.01 Å². The highest BCUT2D eigenvalue weighted by Gasteiger charge is 2.35. The van der Waals surface area contributed by atoms with Crippen LogP contribution >= 0.6 is 11.6 Å². The molecule has 2 aromatic carbocycles. The number of likely N-dealkylation sites (N-methyl/N-ethyl adjacent to an activating group) is 1. The Morgan fingerprint density at radius 2 is 2.05 bits per heavy atom. The van der Waals surface area contributed by atoms with Crippen LogP contribution in [0.25, 0.3) is 32.9 Å². The Labute approximate surface area is 233 Å². The maximum Gasteiger partial charge on any atom is 0.319 e. The highest BCUT2D eigenvalue weighted by Crippen LogP contribution is 2.43. The monoisotopic (exact) mass is 574 g/mol. The van der Waals surface area contributed by atoms with Gasteiger partial charge >= 0.3 is 6.01 Å². The summed E-state index contributed by atoms with van der Waals surface area (Å²) < 4.78 is 51.9. The summed E-state index contributed by atoms with van der Waals surface area (Å²) >= 11 is 6.75. The minimum atomic E-state index is -3.02. The molecule has 2 aromatic heterocycles. The van der Waals surface area contributed by atoms with Crippen LogP contribution in [0.1, 0.15) is 18.4 Å². The van der Waals surface area contributed by atoms with E-state index in [1.54, 1.807) is 0 Å². The number of nitrogen functional groups attached to an aromatic ring is 1. The third kappa shape index (κ3) is 4.77. The summed E-state index contributed by atoms with van der Waals surface area (Å²) in [5.41, 5.74) is 8.01. The van der Waals surface area contributed by atoms with E-state index in [0.29, 0.717) is 29.6 Å². The predicted octanol–water partition coefficient (Wildman–Crippen LogP) is 4.37. The lowest BCUT2D eigenvalue weighted by Gasteiger charge is -2.26. The van der Waals surface area contributed by atoms with E-state index >= 15 is 4.39 Å². The predicted molar refractivity (Wildman–Crippen MR) is 150 cm³/mol. The molecule has 4 aromatic rings. The molecule has 0 spiro atoms. The van der Waals surface area contributed by atoms with Crippen molar-refractivity contribution in [2.75, 3.05) is 57.0 Å². The zero-order valence-electron chi connectivity index (χ0n) is 22.2. The topological polar surface area (TPSA) is 108 Å². The second kappa shape index (κ2) is 10.2. The number of aromatic nitrogens is 4. The van der Waals surface area contributed by atoms with Crippen molar-refractivity contribution < 1.29 is 17.9 Å². The third-order valence-electron chi connectivity index (χ3n) is 7.80. The second-order valence-corrected chi connectivity index (χ2v) is 11.0. The molecule has 0 amide bonds. The summed E-state index contributed by atoms with van der Waals surface area (Å²) in [6.07, 6.45) is 1.99. The van der Waals surface area contributed by atoms with Crippen LogP contribution in [0.15, 0.2) is 18.2 Å². The summed E-state index contributed by atoms with van der Waals surface area (Å²) in [5, 5.41) is 10.5. The number of H-pyrrole nitrogens is 1. The highest BCUT2D eigenvalue weighted by molar-refractivity contribution is 6.35. The van der Waals surface area contributed by atoms with Crippen LogP contribution in [-0.2, 0) is 0 Å². The number of fused-ring (bicyclic) bond motifs is 2. The molecule has 6 rings (SSSR count). The van der Waals surface area contributed by atoms with Gasteiger partial charge in [0.2, 0.25) is 0 Å². The first-order valence-corrected chi connectivity index (χ1v) is 13.6. The number of benzene rings is 2. The van der Waals surface area contributed by atoms with Gasteiger partial charge in [0.15, 0.2) is 11.6 Å². The van der Waals surface area contributed by atoms with Crippen LogP contribution in [0.3, 0.4) is 0 Å². The van der Waals surface area contributed by atoms with Crippen molar-refractivity contribution in [3.8, 4) is 17.1 Å². The molecule has 4 N–H and O–H groups in total. The maximum atomic E-state index is 16.6. The lowest BCUT2D eigenvalue weighted by atomic mass is 9.94. The van der Waals surface area contributed by atoms with Gasteiger partial charge in [-0.05, 0) is 51.1 Å². The van der Waals surface area contributed by atoms with Crippen LogP contribution in [0.4, 0.5) is 24.8 Å². The number of nitrogens with one attached hydrogen (secondary N) is 2. The minimum absolute atomic E-state index is 0.0711. The van der Waals surface area contributed by atoms with E-state index < -0.39 is 24.8 Å². The average molecular weight is 575 g/mol. The fourth-order valence-electron chi connectivity index (χ4n) is 5.70. The fraction of sp³-hybridized carbons (Fsp3) is 0.444. The fourth-order valence-corrected chi connectivity index (χ4v) is 5.99. The zero-order chi connectivity index (χ0) is 28.2. The van der Waals surface area contributed by atoms with E-state index in [9.17, 15) is 8.78 Å². The van der Waals surface area contributed by atoms with Gasteiger partial charge in [-0.2, -0.15) is 15.1 Å². The number of aromatic amines is 1. The summed E-state index contributed by atoms with van der Waals surface area (Å²) in [5.74, 6) is -3.38. The summed E-state index contributed by atoms with van der Waals surface area (Å²) in [6.45, 7) is 2.56. The van der Waals surface area contributed by atoms with Crippen LogP contribution in [0, 0.1) is 12.7 Å². The van der Waals surface area contributed by atoms with Crippen molar-refractivity contribution in [2.24, 2.45) is 0 Å². The second-order valence-electron chi connectivity index (χ2n) is 10.6. The summed E-state index contributed by atoms with van der Waals surface area (Å²) in [6, 6.07) is 5.24. The van der Waals surface area contributed by atoms with Gasteiger partial charge in [0.25, 0.3) is 5.92 Å². The van der Waals surface area contributed by atoms with E-state index in [0.717, 1.165) is 24.9 Å². The standard InChI is InChI=1S/C27H30ClF3N8O/c1-14-5-6-18-21(24(32)37-36-18)19(14)20-17(28)10-16-23(22(20)29)34-26(40-11-15-4-3-8-38(15)2)35-25(16)39-9-7-33-12-27(30,31)13-39/h5-6,10,15,33H,3-4,7-9,11-13H2,1-2H3,(H3,32,36,37)/t15-/m0/s1. The van der Waals surface area contributed by atoms with Gasteiger partial charge < -0.3 is 25.6 Å². The number of ether oxygens (including phenoxy) is 1. The van der Waals surface area contributed by atoms with Crippen molar-refractivity contribution in [2.45, 2.75) is 31.7 Å². The first-order valence-electron chi connectivity index (χ1n) is 13.2. The molecule has 1 atom stereocenters. The maximum absolute atomic E-state index is 16.6. The quantitative estimate of drug-likeness (QED) is 0.322. The van der Waals surface area contributed by atoms with Crippen LogP contribution in [-0.4, -0.2) is 83.4 Å². The molecular weight excluding hydrogens is 545 g/mol. The Morgan fingerprint density at radius 3 is 2.83 bits per heavy atom. The zero-order valence-corrected chi connectivity index (χ0v) is 23.0. The van der Waals surface area contributed by atoms with Gasteiger partial charge in [-0.1, -0.05) is 17.7 Å². The molecule has 0 aliphatic carbocycles. The highest BCUT2D eigenvalue weighted by atomic mass is 35.5. The minimum Gasteiger partial charge on any atom is -0.462 e. The third-order valence-corrected chi connectivity index (χ3v) is 8.10. The normalized spacial score (nSPS) is 19.9. The van der Waals surface area contributed by atoms with E-state index in [-0.39, 0.29) is 51.7 Å². The molecule has 0 radical (unpaired) electrons. The number of aryl methyl sites for hydroxylation is 1. The van der Waals surface area contributed by atoms with Crippen molar-refractivity contribution >= 4 is 45.0 Å². The number of halogens is 4. The van der Waals surface area contributed by atoms with Gasteiger partial charge in [-0.15, -0.1) is 0 Å². The molecular formula is C27H30ClF3N8O. The van der Waals surface area contributed by atoms with Gasteiger partial charge in [-0.3, -0.25) is 5.10 Å². The van der Waals surface area contributed by atoms with Crippen molar-refractivity contribution in [3.63, 3.8) is 0 Å². The van der Waals surface area contributed by atoms with Crippen LogP contribution < -0.4 is 20.7 Å². The molecule has 13 heteroatoms. The first kappa shape index (κ1) is 26.9. The SMILES string of the molecule is Cc1ccc2[nH]nc(N)c2c1-c1c(Cl)cc2c(N3CCNCC(F)(F)C3)nc(OC[C@@H]3CCCN3C)nc2c1F. The molecule has 40 heavy (non-hydrogen) atoms. The Morgan fingerprint density at radius 1 is 1.23 bits per heavy atom. The number of hydrogen-bond acceptors (Lipinski definition) is 8. The van der Waals surface area contributed by atoms with Crippen molar-refractivity contribution in [1.29, 1.82) is 0 Å². The molecule has 0 unspecified atom stereocenters. The Balaban J connectivity index is 1.54. The Hall–Kier alpha value is -3.35. The molecule has 2 aliphatic heterocycles. The molecule has 2 aliphatic rings. The van der Waals surface area contributed by atoms with Gasteiger partial charge in [0.1, 0.15) is 17.9 Å². The van der Waals surface area contributed by atoms with E-state index in [1.807, 2.05) is 26.1 Å². The molecule has 212 valence electrons. The van der Waals surface area contributed by atoms with Gasteiger partial charge in [0.05, 0.1) is 29.0 Å². The molecule has 0 bridgehead atoms. The van der Waals surface area contributed by atoms with E-state index in [1.165, 1.54) is 11.0 Å². The molecule has 4 heterocycles. The first-order chi connectivity index (χ1) is 19.1. The number of likely N-dealkylation sites (tertiary alicyclic amines) is 1. The number of alkyl halides is 2. The average Bonchev–Trinajstić information content (AvgIpc) is 3.44. The lowest BCUT2D eigenvalue weighted by Crippen LogP contribution is -2.39. The molecule has 9 nitrogen and oxygen atoms in total. The smallest absolute Gasteiger partial charge is 0.319 e. The molecule has 2 saturated heterocycles. The van der Waals surface area contributed by atoms with Gasteiger partial charge in [-0.25, -0.2) is 13.2 Å². The summed E-state index contributed by atoms with van der Waals surface area (Å²) in [7, 11) is 2.01. The lowest BCUT2D eigenvalue weighted by molar-refractivity contribution is 0.0156. The summed E-state index contributed by atoms with van der Waals surface area (Å²) in [4.78, 5) is 12.6. The van der Waals surface area contributed by atoms with E-state index in [2.05, 4.69) is 30.4 Å². The number of rotatable bonds is 5. The van der Waals surface area contributed by atoms with Crippen molar-refractivity contribution in [3.05, 3.63) is 34.6 Å². The largest absolute Gasteiger partial charge is 0.462 e. The number of nitrogens with zero attached hydrogens (tertiary/aromatic N) is 5. The van der Waals surface area contributed by atoms with Crippen LogP contribution in [0.2, 0.25) is 5.02 Å². The number of nitrogens with two attached hydrogens (primary N) is 1. The Kier molecular flexibility index (Phi) is 6.87. The van der Waals surface area contributed by atoms with E-state index in [4.69, 9.17) is 22.1 Å². The number of anilines is 2. The number of hydrogen-bond donors (Lipinski definition) is 3. The van der Waals surface area contributed by atoms with Gasteiger partial charge in [0, 0.05) is 35.6 Å².